The van der Waals surface area contributed by atoms with Crippen molar-refractivity contribution in [1.29, 1.82) is 0 Å². The van der Waals surface area contributed by atoms with Crippen molar-refractivity contribution in [3.63, 3.8) is 0 Å². The van der Waals surface area contributed by atoms with Crippen LogP contribution in [0.2, 0.25) is 0 Å². The number of hydrogen-bond donors (Lipinski definition) is 2. The minimum Gasteiger partial charge on any atom is -0.369 e. The highest BCUT2D eigenvalue weighted by Crippen LogP contribution is 2.22. The molecule has 2 unspecified atom stereocenters. The van der Waals surface area contributed by atoms with Crippen LogP contribution in [-0.4, -0.2) is 34.3 Å². The molecule has 0 aromatic rings. The lowest BCUT2D eigenvalue weighted by molar-refractivity contribution is -0.121. The van der Waals surface area contributed by atoms with Gasteiger partial charge in [-0.05, 0) is 11.7 Å². The number of Topliss-reactive ketones (excluding diaryl/α,β-unsaturated/α-hetero) is 1. The second-order valence-corrected chi connectivity index (χ2v) is 6.79. The van der Waals surface area contributed by atoms with Crippen molar-refractivity contribution in [2.45, 2.75) is 70.0 Å². The van der Waals surface area contributed by atoms with Gasteiger partial charge in [0.2, 0.25) is 5.91 Å². The third kappa shape index (κ3) is 7.01. The van der Waals surface area contributed by atoms with Gasteiger partial charge in [-0.25, -0.2) is 0 Å². The molecule has 0 bridgehead atoms. The molecule has 1 amide bonds. The Labute approximate surface area is 114 Å². The maximum absolute atomic E-state index is 11.9. The number of amides is 1. The molecule has 2 atom stereocenters. The van der Waals surface area contributed by atoms with Gasteiger partial charge in [-0.2, -0.15) is 0 Å². The molecule has 3 N–H and O–H groups in total. The number of carbonyl (C=O) groups is 2. The number of ketones is 1. The first kappa shape index (κ1) is 17.4. The van der Waals surface area contributed by atoms with Gasteiger partial charge in [0.25, 0.3) is 0 Å². The summed E-state index contributed by atoms with van der Waals surface area (Å²) in [5.41, 5.74) is 5.41. The Kier molecular flexibility index (Phi) is 8.27. The summed E-state index contributed by atoms with van der Waals surface area (Å²) in [6, 6.07) is -0.0678. The molecule has 0 saturated carbocycles. The van der Waals surface area contributed by atoms with E-state index in [4.69, 9.17) is 5.73 Å². The molecule has 0 aliphatic rings. The first-order chi connectivity index (χ1) is 8.27. The van der Waals surface area contributed by atoms with Crippen LogP contribution >= 0.6 is 11.8 Å². The molecule has 0 saturated heterocycles. The molecule has 0 aliphatic carbocycles. The van der Waals surface area contributed by atoms with Gasteiger partial charge < -0.3 is 11.1 Å². The van der Waals surface area contributed by atoms with Gasteiger partial charge in [0, 0.05) is 12.5 Å². The third-order valence-electron chi connectivity index (χ3n) is 2.48. The van der Waals surface area contributed by atoms with Crippen LogP contribution in [0.4, 0.5) is 0 Å². The highest BCUT2D eigenvalue weighted by molar-refractivity contribution is 8.01. The first-order valence-electron chi connectivity index (χ1n) is 6.51. The molecule has 0 aliphatic heterocycles. The number of hydrogen-bond acceptors (Lipinski definition) is 4. The van der Waals surface area contributed by atoms with Gasteiger partial charge >= 0.3 is 0 Å². The van der Waals surface area contributed by atoms with Crippen LogP contribution in [0.15, 0.2) is 0 Å². The van der Waals surface area contributed by atoms with Crippen molar-refractivity contribution in [3.8, 4) is 0 Å². The second-order valence-electron chi connectivity index (χ2n) is 5.01. The number of nitrogens with two attached hydrogens (primary N) is 1. The van der Waals surface area contributed by atoms with Gasteiger partial charge in [-0.15, -0.1) is 11.8 Å². The zero-order valence-corrected chi connectivity index (χ0v) is 12.8. The third-order valence-corrected chi connectivity index (χ3v) is 3.77. The molecule has 5 heteroatoms. The number of thioether (sulfide) groups is 1. The van der Waals surface area contributed by atoms with Crippen molar-refractivity contribution in [3.05, 3.63) is 0 Å². The predicted molar refractivity (Wildman–Crippen MR) is 77.7 cm³/mol. The van der Waals surface area contributed by atoms with Crippen molar-refractivity contribution < 1.29 is 9.59 Å². The molecule has 106 valence electrons. The van der Waals surface area contributed by atoms with Crippen LogP contribution < -0.4 is 11.1 Å². The Morgan fingerprint density at radius 2 is 1.78 bits per heavy atom. The summed E-state index contributed by atoms with van der Waals surface area (Å²) in [4.78, 5) is 23.3. The lowest BCUT2D eigenvalue weighted by atomic mass is 10.0. The molecule has 4 nitrogen and oxygen atoms in total. The van der Waals surface area contributed by atoms with Crippen LogP contribution in [0.25, 0.3) is 0 Å². The smallest absolute Gasteiger partial charge is 0.230 e. The fourth-order valence-electron chi connectivity index (χ4n) is 1.72. The largest absolute Gasteiger partial charge is 0.369 e. The number of primary amides is 1. The fourth-order valence-corrected chi connectivity index (χ4v) is 2.82. The maximum atomic E-state index is 11.9. The zero-order valence-electron chi connectivity index (χ0n) is 12.0. The average molecular weight is 274 g/mol. The summed E-state index contributed by atoms with van der Waals surface area (Å²) in [6.07, 6.45) is 0.950. The first-order valence-corrected chi connectivity index (χ1v) is 7.45. The molecular formula is C13H26N2O2S. The zero-order chi connectivity index (χ0) is 14.3. The lowest BCUT2D eigenvalue weighted by Crippen LogP contribution is -2.44. The fraction of sp³-hybridized carbons (Fsp3) is 0.846. The molecule has 18 heavy (non-hydrogen) atoms. The van der Waals surface area contributed by atoms with Crippen molar-refractivity contribution in [2.75, 3.05) is 0 Å². The van der Waals surface area contributed by atoms with E-state index in [1.54, 1.807) is 0 Å². The number of nitrogens with one attached hydrogen (secondary N) is 1. The van der Waals surface area contributed by atoms with Gasteiger partial charge in [-0.3, -0.25) is 9.59 Å². The Balaban J connectivity index is 4.68. The quantitative estimate of drug-likeness (QED) is 0.671. The van der Waals surface area contributed by atoms with E-state index in [1.807, 2.05) is 34.6 Å². The Bertz CT molecular complexity index is 280. The summed E-state index contributed by atoms with van der Waals surface area (Å²) >= 11 is 1.52. The van der Waals surface area contributed by atoms with Crippen LogP contribution in [0, 0.1) is 0 Å². The lowest BCUT2D eigenvalue weighted by Gasteiger charge is -2.24. The van der Waals surface area contributed by atoms with Crippen molar-refractivity contribution >= 4 is 23.5 Å². The highest BCUT2D eigenvalue weighted by atomic mass is 32.2. The van der Waals surface area contributed by atoms with Crippen molar-refractivity contribution in [1.82, 2.24) is 5.32 Å². The Morgan fingerprint density at radius 1 is 1.22 bits per heavy atom. The average Bonchev–Trinajstić information content (AvgIpc) is 2.24. The number of rotatable bonds is 9. The van der Waals surface area contributed by atoms with Crippen LogP contribution in [0.1, 0.15) is 47.5 Å². The minimum absolute atomic E-state index is 0.138. The molecule has 0 aromatic heterocycles. The standard InChI is InChI=1S/C13H26N2O2S/c1-6-11(16)10(15-8(2)3)7-12(13(14)17)18-9(4)5/h8-10,12,15H,6-7H2,1-5H3,(H2,14,17). The molecule has 0 aromatic carbocycles. The van der Waals surface area contributed by atoms with Gasteiger partial charge in [0.1, 0.15) is 5.78 Å². The van der Waals surface area contributed by atoms with Gasteiger partial charge in [0.15, 0.2) is 0 Å². The van der Waals surface area contributed by atoms with Crippen LogP contribution in [0.5, 0.6) is 0 Å². The second kappa shape index (κ2) is 8.53. The SMILES string of the molecule is CCC(=O)C(CC(SC(C)C)C(N)=O)NC(C)C. The summed E-state index contributed by atoms with van der Waals surface area (Å²) in [5, 5.41) is 3.23. The van der Waals surface area contributed by atoms with Gasteiger partial charge in [-0.1, -0.05) is 34.6 Å². The highest BCUT2D eigenvalue weighted by Gasteiger charge is 2.26. The topological polar surface area (TPSA) is 72.2 Å². The van der Waals surface area contributed by atoms with E-state index in [0.29, 0.717) is 18.1 Å². The molecule has 0 radical (unpaired) electrons. The number of carbonyl (C=O) groups excluding carboxylic acids is 2. The minimum atomic E-state index is -0.340. The van der Waals surface area contributed by atoms with E-state index < -0.39 is 0 Å². The molecule has 0 heterocycles. The normalized spacial score (nSPS) is 14.8. The molecular weight excluding hydrogens is 248 g/mol. The molecule has 0 fully saturated rings. The Morgan fingerprint density at radius 3 is 2.11 bits per heavy atom. The summed E-state index contributed by atoms with van der Waals surface area (Å²) in [7, 11) is 0. The van der Waals surface area contributed by atoms with E-state index in [0.717, 1.165) is 0 Å². The molecule has 0 spiro atoms. The van der Waals surface area contributed by atoms with Crippen LogP contribution in [0.3, 0.4) is 0 Å². The summed E-state index contributed by atoms with van der Waals surface area (Å²) < 4.78 is 0. The van der Waals surface area contributed by atoms with Crippen molar-refractivity contribution in [2.24, 2.45) is 5.73 Å². The maximum Gasteiger partial charge on any atom is 0.230 e. The summed E-state index contributed by atoms with van der Waals surface area (Å²) in [5.74, 6) is -0.201. The summed E-state index contributed by atoms with van der Waals surface area (Å²) in [6.45, 7) is 9.86. The predicted octanol–water partition coefficient (Wildman–Crippen LogP) is 1.72. The van der Waals surface area contributed by atoms with E-state index in [-0.39, 0.29) is 29.0 Å². The van der Waals surface area contributed by atoms with E-state index in [1.165, 1.54) is 11.8 Å². The van der Waals surface area contributed by atoms with E-state index >= 15 is 0 Å². The molecule has 0 rings (SSSR count). The van der Waals surface area contributed by atoms with E-state index in [9.17, 15) is 9.59 Å². The Hall–Kier alpha value is -0.550. The van der Waals surface area contributed by atoms with Crippen LogP contribution in [-0.2, 0) is 9.59 Å². The monoisotopic (exact) mass is 274 g/mol. The van der Waals surface area contributed by atoms with E-state index in [2.05, 4.69) is 5.32 Å². The van der Waals surface area contributed by atoms with Gasteiger partial charge in [0.05, 0.1) is 11.3 Å².